The number of allylic oxidation sites excluding steroid dienone is 1. The molecule has 94 valence electrons. The molecule has 0 atom stereocenters. The highest BCUT2D eigenvalue weighted by atomic mass is 32.2. The smallest absolute Gasteiger partial charge is 0.103 e. The van der Waals surface area contributed by atoms with E-state index in [0.29, 0.717) is 0 Å². The fraction of sp³-hybridized carbons (Fsp3) is 0.176. The minimum Gasteiger partial charge on any atom is -0.103 e. The maximum Gasteiger partial charge on any atom is 0.158 e. The molecule has 0 spiro atoms. The number of benzene rings is 2. The van der Waals surface area contributed by atoms with Gasteiger partial charge in [-0.1, -0.05) is 30.3 Å². The van der Waals surface area contributed by atoms with Crippen LogP contribution >= 0.6 is 0 Å². The van der Waals surface area contributed by atoms with Gasteiger partial charge in [-0.15, -0.1) is 6.58 Å². The average molecular weight is 257 g/mol. The Morgan fingerprint density at radius 3 is 2.06 bits per heavy atom. The standard InChI is InChI=1S/C14H14S.C3H6/c1-11-8-9-14(10-12(11)2)15-13-6-4-3-5-7-13;1-3-2/h3-10H,1-2H3;3H,1H2,2H3/p+1. The van der Waals surface area contributed by atoms with Crippen molar-refractivity contribution in [1.82, 2.24) is 0 Å². The van der Waals surface area contributed by atoms with E-state index in [-0.39, 0.29) is 0 Å². The van der Waals surface area contributed by atoms with E-state index in [1.54, 1.807) is 6.08 Å². The Hall–Kier alpha value is -1.47. The highest BCUT2D eigenvalue weighted by molar-refractivity contribution is 7.78. The van der Waals surface area contributed by atoms with Crippen molar-refractivity contribution in [3.8, 4) is 0 Å². The van der Waals surface area contributed by atoms with Crippen LogP contribution in [-0.4, -0.2) is 0 Å². The molecule has 0 aliphatic rings. The normalized spacial score (nSPS) is 9.28. The summed E-state index contributed by atoms with van der Waals surface area (Å²) < 4.78 is 0. The molecule has 0 bridgehead atoms. The second-order valence-electron chi connectivity index (χ2n) is 4.12. The second-order valence-corrected chi connectivity index (χ2v) is 5.38. The van der Waals surface area contributed by atoms with Gasteiger partial charge in [-0.05, 0) is 56.2 Å². The zero-order chi connectivity index (χ0) is 13.4. The topological polar surface area (TPSA) is 0 Å². The van der Waals surface area contributed by atoms with Crippen LogP contribution in [0, 0.1) is 13.8 Å². The average Bonchev–Trinajstić information content (AvgIpc) is 2.36. The predicted octanol–water partition coefficient (Wildman–Crippen LogP) is 4.73. The second kappa shape index (κ2) is 7.78. The molecule has 0 N–H and O–H groups in total. The number of hydrogen-bond donors (Lipinski definition) is 0. The van der Waals surface area contributed by atoms with Crippen molar-refractivity contribution in [3.63, 3.8) is 0 Å². The largest absolute Gasteiger partial charge is 0.158 e. The van der Waals surface area contributed by atoms with Crippen LogP contribution in [0.5, 0.6) is 0 Å². The van der Waals surface area contributed by atoms with Gasteiger partial charge in [0.2, 0.25) is 0 Å². The predicted molar refractivity (Wildman–Crippen MR) is 83.5 cm³/mol. The summed E-state index contributed by atoms with van der Waals surface area (Å²) in [4.78, 5) is 2.71. The Labute approximate surface area is 115 Å². The maximum atomic E-state index is 3.36. The van der Waals surface area contributed by atoms with E-state index in [1.807, 2.05) is 6.92 Å². The highest BCUT2D eigenvalue weighted by Crippen LogP contribution is 2.15. The lowest BCUT2D eigenvalue weighted by Gasteiger charge is -1.98. The van der Waals surface area contributed by atoms with Gasteiger partial charge >= 0.3 is 0 Å². The van der Waals surface area contributed by atoms with Crippen LogP contribution in [0.1, 0.15) is 18.1 Å². The van der Waals surface area contributed by atoms with Gasteiger partial charge in [0.15, 0.2) is 9.79 Å². The summed E-state index contributed by atoms with van der Waals surface area (Å²) in [6.07, 6.45) is 1.75. The van der Waals surface area contributed by atoms with E-state index in [1.165, 1.54) is 32.7 Å². The first-order valence-corrected chi connectivity index (χ1v) is 6.98. The fourth-order valence-electron chi connectivity index (χ4n) is 1.45. The number of hydrogen-bond acceptors (Lipinski definition) is 0. The van der Waals surface area contributed by atoms with Gasteiger partial charge in [0.25, 0.3) is 0 Å². The quantitative estimate of drug-likeness (QED) is 0.414. The summed E-state index contributed by atoms with van der Waals surface area (Å²) in [6, 6.07) is 17.2. The van der Waals surface area contributed by atoms with E-state index in [2.05, 4.69) is 69.0 Å². The first-order chi connectivity index (χ1) is 8.67. The van der Waals surface area contributed by atoms with Crippen molar-refractivity contribution in [2.24, 2.45) is 0 Å². The molecule has 2 aromatic rings. The van der Waals surface area contributed by atoms with Gasteiger partial charge in [0.05, 0.1) is 0 Å². The third-order valence-corrected chi connectivity index (χ3v) is 3.60. The summed E-state index contributed by atoms with van der Waals surface area (Å²) in [6.45, 7) is 9.57. The summed E-state index contributed by atoms with van der Waals surface area (Å²) in [5.74, 6) is 0. The van der Waals surface area contributed by atoms with E-state index in [9.17, 15) is 0 Å². The number of aryl methyl sites for hydroxylation is 2. The zero-order valence-electron chi connectivity index (χ0n) is 11.4. The Kier molecular flexibility index (Phi) is 6.31. The Morgan fingerprint density at radius 2 is 1.50 bits per heavy atom. The molecule has 0 fully saturated rings. The lowest BCUT2D eigenvalue weighted by atomic mass is 10.1. The third kappa shape index (κ3) is 4.80. The van der Waals surface area contributed by atoms with Crippen LogP contribution < -0.4 is 0 Å². The SMILES string of the molecule is C=CC.Cc1ccc([SH+]c2ccccc2)cc1C. The molecule has 0 saturated carbocycles. The van der Waals surface area contributed by atoms with Crippen LogP contribution in [-0.2, 0) is 11.8 Å². The van der Waals surface area contributed by atoms with Crippen molar-refractivity contribution in [2.45, 2.75) is 30.6 Å². The van der Waals surface area contributed by atoms with Crippen molar-refractivity contribution in [3.05, 3.63) is 72.3 Å². The molecule has 0 nitrogen and oxygen atoms in total. The fourth-order valence-corrected chi connectivity index (χ4v) is 2.47. The molecule has 2 rings (SSSR count). The van der Waals surface area contributed by atoms with Crippen molar-refractivity contribution >= 4 is 11.8 Å². The molecule has 0 amide bonds. The van der Waals surface area contributed by atoms with E-state index >= 15 is 0 Å². The molecule has 0 aliphatic carbocycles. The lowest BCUT2D eigenvalue weighted by Crippen LogP contribution is -1.87. The summed E-state index contributed by atoms with van der Waals surface area (Å²) in [5, 5.41) is 0. The molecule has 18 heavy (non-hydrogen) atoms. The summed E-state index contributed by atoms with van der Waals surface area (Å²) in [7, 11) is 0. The Bertz CT molecular complexity index is 486. The first-order valence-electron chi connectivity index (χ1n) is 6.08. The monoisotopic (exact) mass is 257 g/mol. The van der Waals surface area contributed by atoms with Gasteiger partial charge in [0, 0.05) is 11.8 Å². The molecule has 0 unspecified atom stereocenters. The minimum atomic E-state index is 1.29. The third-order valence-electron chi connectivity index (χ3n) is 2.50. The van der Waals surface area contributed by atoms with Crippen molar-refractivity contribution in [2.75, 3.05) is 0 Å². The minimum absolute atomic E-state index is 1.29. The molecule has 1 heteroatoms. The Balaban J connectivity index is 0.000000492. The molecular formula is C17H21S+. The molecule has 0 heterocycles. The molecule has 0 aliphatic heterocycles. The van der Waals surface area contributed by atoms with Gasteiger partial charge in [-0.3, -0.25) is 0 Å². The first kappa shape index (κ1) is 14.6. The van der Waals surface area contributed by atoms with Crippen LogP contribution in [0.25, 0.3) is 0 Å². The van der Waals surface area contributed by atoms with Crippen LogP contribution in [0.15, 0.2) is 71.0 Å². The summed E-state index contributed by atoms with van der Waals surface area (Å²) in [5.41, 5.74) is 2.73. The maximum absolute atomic E-state index is 3.36. The molecule has 0 radical (unpaired) electrons. The van der Waals surface area contributed by atoms with Crippen LogP contribution in [0.3, 0.4) is 0 Å². The Morgan fingerprint density at radius 1 is 0.889 bits per heavy atom. The van der Waals surface area contributed by atoms with Crippen molar-refractivity contribution < 1.29 is 0 Å². The molecule has 0 saturated heterocycles. The van der Waals surface area contributed by atoms with Crippen LogP contribution in [0.2, 0.25) is 0 Å². The zero-order valence-corrected chi connectivity index (χ0v) is 12.2. The van der Waals surface area contributed by atoms with Crippen molar-refractivity contribution in [1.29, 1.82) is 0 Å². The number of thiol groups is 1. The van der Waals surface area contributed by atoms with E-state index in [4.69, 9.17) is 0 Å². The summed E-state index contributed by atoms with van der Waals surface area (Å²) >= 11 is 1.29. The highest BCUT2D eigenvalue weighted by Gasteiger charge is 2.06. The van der Waals surface area contributed by atoms with Gasteiger partial charge in [0.1, 0.15) is 0 Å². The van der Waals surface area contributed by atoms with Crippen LogP contribution in [0.4, 0.5) is 0 Å². The van der Waals surface area contributed by atoms with Gasteiger partial charge in [-0.2, -0.15) is 0 Å². The molecule has 2 aromatic carbocycles. The van der Waals surface area contributed by atoms with Gasteiger partial charge in [-0.25, -0.2) is 0 Å². The van der Waals surface area contributed by atoms with Gasteiger partial charge < -0.3 is 0 Å². The molecular weight excluding hydrogens is 236 g/mol. The number of rotatable bonds is 2. The van der Waals surface area contributed by atoms with E-state index < -0.39 is 0 Å². The van der Waals surface area contributed by atoms with E-state index in [0.717, 1.165) is 0 Å². The lowest BCUT2D eigenvalue weighted by molar-refractivity contribution is 1.27. The molecule has 0 aromatic heterocycles.